The van der Waals surface area contributed by atoms with Crippen molar-refractivity contribution >= 4 is 34.6 Å². The van der Waals surface area contributed by atoms with Gasteiger partial charge in [-0.3, -0.25) is 0 Å². The molecule has 2 aliphatic rings. The van der Waals surface area contributed by atoms with E-state index in [0.29, 0.717) is 28.8 Å². The Kier molecular flexibility index (Phi) is 9.84. The fourth-order valence-corrected chi connectivity index (χ4v) is 6.80. The second-order valence-corrected chi connectivity index (χ2v) is 13.4. The van der Waals surface area contributed by atoms with E-state index in [2.05, 4.69) is 37.1 Å². The van der Waals surface area contributed by atoms with E-state index in [1.54, 1.807) is 37.0 Å². The van der Waals surface area contributed by atoms with Crippen molar-refractivity contribution in [1.29, 1.82) is 0 Å². The number of aromatic nitrogens is 6. The van der Waals surface area contributed by atoms with Crippen molar-refractivity contribution in [2.24, 2.45) is 0 Å². The molecule has 0 aliphatic carbocycles. The highest BCUT2D eigenvalue weighted by Crippen LogP contribution is 2.40. The lowest BCUT2D eigenvalue weighted by Gasteiger charge is -2.37. The smallest absolute Gasteiger partial charge is 0.350 e. The monoisotopic (exact) mass is 720 g/mol. The Hall–Kier alpha value is -4.40. The minimum absolute atomic E-state index is 0.261. The zero-order chi connectivity index (χ0) is 34.8. The Balaban J connectivity index is 0.924. The largest absolute Gasteiger partial charge is 0.491 e. The molecule has 2 aromatic heterocycles. The Labute approximate surface area is 299 Å². The number of aliphatic hydroxyl groups is 1. The zero-order valence-corrected chi connectivity index (χ0v) is 29.2. The van der Waals surface area contributed by atoms with Gasteiger partial charge in [-0.1, -0.05) is 29.3 Å². The highest BCUT2D eigenvalue weighted by molar-refractivity contribution is 6.35. The average molecular weight is 722 g/mol. The van der Waals surface area contributed by atoms with E-state index in [-0.39, 0.29) is 18.3 Å². The van der Waals surface area contributed by atoms with E-state index in [4.69, 9.17) is 37.4 Å². The minimum Gasteiger partial charge on any atom is -0.491 e. The fraction of sp³-hybridized carbons (Fsp3) is 0.371. The standard InChI is InChI=1S/C35H38Cl2N8O5/c1-24(25(2)46)45-34(47)44(23-40-45)29-6-4-27(5-7-29)41-13-15-42(16-14-41)28-8-10-30(11-9-28)48-18-31-19-49-35(50-31,20-43-22-38-21-39-43)32-12-3-26(36)17-33(32)37/h3-12,17,21-25,31,46H,13-16,18-20H2,1-2H3/t24-,25+,31-,35-/m0/s1. The van der Waals surface area contributed by atoms with Gasteiger partial charge in [-0.25, -0.2) is 23.7 Å². The summed E-state index contributed by atoms with van der Waals surface area (Å²) in [6.07, 6.45) is 3.53. The maximum Gasteiger partial charge on any atom is 0.350 e. The van der Waals surface area contributed by atoms with Crippen molar-refractivity contribution in [2.45, 2.75) is 44.4 Å². The second kappa shape index (κ2) is 14.4. The van der Waals surface area contributed by atoms with Crippen LogP contribution < -0.4 is 20.2 Å². The van der Waals surface area contributed by atoms with Crippen molar-refractivity contribution in [2.75, 3.05) is 49.2 Å². The number of nitrogens with zero attached hydrogens (tertiary/aromatic N) is 8. The van der Waals surface area contributed by atoms with Gasteiger partial charge >= 0.3 is 5.69 Å². The van der Waals surface area contributed by atoms with Crippen molar-refractivity contribution < 1.29 is 19.3 Å². The molecule has 5 aromatic rings. The van der Waals surface area contributed by atoms with E-state index < -0.39 is 17.9 Å². The van der Waals surface area contributed by atoms with E-state index >= 15 is 0 Å². The Bertz CT molecular complexity index is 1940. The summed E-state index contributed by atoms with van der Waals surface area (Å²) in [6.45, 7) is 7.71. The Morgan fingerprint density at radius 2 is 1.58 bits per heavy atom. The van der Waals surface area contributed by atoms with Gasteiger partial charge in [0.25, 0.3) is 0 Å². The predicted molar refractivity (Wildman–Crippen MR) is 190 cm³/mol. The van der Waals surface area contributed by atoms with E-state index in [1.807, 2.05) is 42.5 Å². The summed E-state index contributed by atoms with van der Waals surface area (Å²) in [5.74, 6) is -0.432. The molecule has 4 heterocycles. The summed E-state index contributed by atoms with van der Waals surface area (Å²) in [4.78, 5) is 21.6. The summed E-state index contributed by atoms with van der Waals surface area (Å²) in [5, 5.41) is 19.2. The van der Waals surface area contributed by atoms with Crippen LogP contribution in [0.3, 0.4) is 0 Å². The molecule has 7 rings (SSSR count). The topological polar surface area (TPSA) is 125 Å². The van der Waals surface area contributed by atoms with Crippen LogP contribution in [0, 0.1) is 0 Å². The average Bonchev–Trinajstić information content (AvgIpc) is 3.88. The molecule has 50 heavy (non-hydrogen) atoms. The number of rotatable bonds is 11. The molecule has 15 heteroatoms. The van der Waals surface area contributed by atoms with Crippen LogP contribution in [0.2, 0.25) is 10.0 Å². The third-order valence-corrected chi connectivity index (χ3v) is 9.77. The maximum absolute atomic E-state index is 12.8. The predicted octanol–water partition coefficient (Wildman–Crippen LogP) is 4.55. The summed E-state index contributed by atoms with van der Waals surface area (Å²) >= 11 is 12.7. The van der Waals surface area contributed by atoms with Crippen LogP contribution in [0.5, 0.6) is 5.75 Å². The van der Waals surface area contributed by atoms with Gasteiger partial charge in [0.05, 0.1) is 29.5 Å². The normalized spacial score (nSPS) is 20.6. The molecule has 4 atom stereocenters. The molecule has 0 spiro atoms. The molecule has 0 bridgehead atoms. The number of aliphatic hydroxyl groups excluding tert-OH is 1. The molecular formula is C35H38Cl2N8O5. The van der Waals surface area contributed by atoms with Crippen molar-refractivity contribution in [3.8, 4) is 11.4 Å². The zero-order valence-electron chi connectivity index (χ0n) is 27.7. The van der Waals surface area contributed by atoms with Gasteiger partial charge < -0.3 is 29.1 Å². The van der Waals surface area contributed by atoms with Gasteiger partial charge in [0.2, 0.25) is 5.79 Å². The van der Waals surface area contributed by atoms with Crippen LogP contribution in [0.4, 0.5) is 11.4 Å². The number of hydrogen-bond acceptors (Lipinski definition) is 10. The fourth-order valence-electron chi connectivity index (χ4n) is 6.25. The molecule has 13 nitrogen and oxygen atoms in total. The van der Waals surface area contributed by atoms with Crippen LogP contribution in [0.15, 0.2) is 90.5 Å². The van der Waals surface area contributed by atoms with Crippen LogP contribution in [0.25, 0.3) is 5.69 Å². The van der Waals surface area contributed by atoms with Crippen LogP contribution >= 0.6 is 23.2 Å². The molecule has 2 saturated heterocycles. The van der Waals surface area contributed by atoms with Crippen LogP contribution in [-0.4, -0.2) is 85.8 Å². The molecule has 0 saturated carbocycles. The molecule has 0 radical (unpaired) electrons. The Morgan fingerprint density at radius 3 is 2.20 bits per heavy atom. The third kappa shape index (κ3) is 7.10. The van der Waals surface area contributed by atoms with Gasteiger partial charge in [-0.2, -0.15) is 10.2 Å². The lowest BCUT2D eigenvalue weighted by molar-refractivity contribution is -0.190. The highest BCUT2D eigenvalue weighted by atomic mass is 35.5. The molecule has 0 unspecified atom stereocenters. The maximum atomic E-state index is 12.8. The first-order valence-electron chi connectivity index (χ1n) is 16.5. The number of benzene rings is 3. The number of hydrogen-bond donors (Lipinski definition) is 1. The first-order chi connectivity index (χ1) is 24.2. The minimum atomic E-state index is -1.17. The molecule has 2 fully saturated rings. The van der Waals surface area contributed by atoms with E-state index in [0.717, 1.165) is 49.0 Å². The van der Waals surface area contributed by atoms with Crippen LogP contribution in [-0.2, 0) is 21.8 Å². The molecular weight excluding hydrogens is 683 g/mol. The van der Waals surface area contributed by atoms with Gasteiger partial charge in [0.15, 0.2) is 0 Å². The number of halogens is 2. The van der Waals surface area contributed by atoms with Gasteiger partial charge in [0, 0.05) is 48.1 Å². The van der Waals surface area contributed by atoms with Crippen molar-refractivity contribution in [3.05, 3.63) is 112 Å². The van der Waals surface area contributed by atoms with Crippen molar-refractivity contribution in [1.82, 2.24) is 29.1 Å². The van der Waals surface area contributed by atoms with E-state index in [1.165, 1.54) is 21.9 Å². The number of piperazine rings is 1. The van der Waals surface area contributed by atoms with Gasteiger partial charge in [0.1, 0.15) is 44.0 Å². The van der Waals surface area contributed by atoms with Crippen molar-refractivity contribution in [3.63, 3.8) is 0 Å². The number of ether oxygens (including phenoxy) is 3. The molecule has 3 aromatic carbocycles. The lowest BCUT2D eigenvalue weighted by atomic mass is 10.1. The SMILES string of the molecule is C[C@@H](O)[C@H](C)n1ncn(-c2ccc(N3CCN(c4ccc(OC[C@H]5CO[C@](Cn6cncn6)(c6ccc(Cl)cc6Cl)O5)cc4)CC3)cc2)c1=O. The summed E-state index contributed by atoms with van der Waals surface area (Å²) in [5.41, 5.74) is 3.33. The highest BCUT2D eigenvalue weighted by Gasteiger charge is 2.45. The Morgan fingerprint density at radius 1 is 0.920 bits per heavy atom. The third-order valence-electron chi connectivity index (χ3n) is 9.23. The van der Waals surface area contributed by atoms with Crippen LogP contribution in [0.1, 0.15) is 25.5 Å². The molecule has 2 aliphatic heterocycles. The molecule has 0 amide bonds. The van der Waals surface area contributed by atoms with E-state index in [9.17, 15) is 9.90 Å². The number of anilines is 2. The molecule has 1 N–H and O–H groups in total. The lowest BCUT2D eigenvalue weighted by Crippen LogP contribution is -2.46. The summed E-state index contributed by atoms with van der Waals surface area (Å²) in [6, 6.07) is 20.8. The summed E-state index contributed by atoms with van der Waals surface area (Å²) in [7, 11) is 0. The first-order valence-corrected chi connectivity index (χ1v) is 17.2. The van der Waals surface area contributed by atoms with Gasteiger partial charge in [-0.05, 0) is 74.5 Å². The summed E-state index contributed by atoms with van der Waals surface area (Å²) < 4.78 is 23.3. The molecule has 262 valence electrons. The quantitative estimate of drug-likeness (QED) is 0.208. The second-order valence-electron chi connectivity index (χ2n) is 12.5. The van der Waals surface area contributed by atoms with Gasteiger partial charge in [-0.15, -0.1) is 0 Å². The first kappa shape index (κ1) is 34.1.